The van der Waals surface area contributed by atoms with Crippen LogP contribution in [-0.4, -0.2) is 14.5 Å². The summed E-state index contributed by atoms with van der Waals surface area (Å²) in [6, 6.07) is 4.65. The highest BCUT2D eigenvalue weighted by atomic mass is 32.2. The highest BCUT2D eigenvalue weighted by Crippen LogP contribution is 2.22. The molecule has 1 aromatic carbocycles. The lowest BCUT2D eigenvalue weighted by atomic mass is 10.2. The number of rotatable bonds is 5. The molecule has 4 nitrogen and oxygen atoms in total. The van der Waals surface area contributed by atoms with Crippen molar-refractivity contribution >= 4 is 10.0 Å². The maximum Gasteiger partial charge on any atom is 0.238 e. The van der Waals surface area contributed by atoms with Gasteiger partial charge in [0, 0.05) is 0 Å². The van der Waals surface area contributed by atoms with Gasteiger partial charge in [-0.3, -0.25) is 0 Å². The molecule has 0 heterocycles. The Morgan fingerprint density at radius 1 is 1.41 bits per heavy atom. The van der Waals surface area contributed by atoms with Crippen LogP contribution in [0.5, 0.6) is 5.75 Å². The Kier molecular flexibility index (Phi) is 4.54. The lowest BCUT2D eigenvalue weighted by Gasteiger charge is -2.16. The summed E-state index contributed by atoms with van der Waals surface area (Å²) < 4.78 is 28.0. The van der Waals surface area contributed by atoms with Crippen molar-refractivity contribution in [3.63, 3.8) is 0 Å². The molecule has 0 aliphatic carbocycles. The van der Waals surface area contributed by atoms with E-state index < -0.39 is 10.0 Å². The largest absolute Gasteiger partial charge is 0.490 e. The summed E-state index contributed by atoms with van der Waals surface area (Å²) in [7, 11) is -3.64. The molecule has 0 aliphatic rings. The molecule has 0 aromatic heterocycles. The maximum absolute atomic E-state index is 11.2. The summed E-state index contributed by atoms with van der Waals surface area (Å²) in [6.45, 7) is 5.90. The fourth-order valence-electron chi connectivity index (χ4n) is 1.61. The third-order valence-corrected chi connectivity index (χ3v) is 3.41. The summed E-state index contributed by atoms with van der Waals surface area (Å²) in [5, 5.41) is 5.06. The van der Waals surface area contributed by atoms with Crippen LogP contribution in [0.25, 0.3) is 0 Å². The Hall–Kier alpha value is -1.07. The monoisotopic (exact) mass is 257 g/mol. The van der Waals surface area contributed by atoms with Gasteiger partial charge in [-0.05, 0) is 44.0 Å². The van der Waals surface area contributed by atoms with E-state index in [1.54, 1.807) is 6.07 Å². The first-order valence-corrected chi connectivity index (χ1v) is 7.19. The lowest BCUT2D eigenvalue weighted by Crippen LogP contribution is -2.14. The molecule has 17 heavy (non-hydrogen) atoms. The van der Waals surface area contributed by atoms with Gasteiger partial charge >= 0.3 is 0 Å². The Balaban J connectivity index is 2.91. The molecule has 0 aliphatic heterocycles. The zero-order valence-corrected chi connectivity index (χ0v) is 11.3. The predicted octanol–water partition coefficient (Wildman–Crippen LogP) is 2.21. The van der Waals surface area contributed by atoms with Crippen LogP contribution in [0.3, 0.4) is 0 Å². The zero-order valence-electron chi connectivity index (χ0n) is 10.4. The van der Waals surface area contributed by atoms with E-state index >= 15 is 0 Å². The van der Waals surface area contributed by atoms with Gasteiger partial charge in [0.1, 0.15) is 5.75 Å². The van der Waals surface area contributed by atoms with Crippen molar-refractivity contribution in [1.29, 1.82) is 0 Å². The molecule has 1 atom stereocenters. The van der Waals surface area contributed by atoms with E-state index in [9.17, 15) is 8.42 Å². The number of nitrogens with two attached hydrogens (primary N) is 1. The van der Waals surface area contributed by atoms with E-state index in [0.29, 0.717) is 5.75 Å². The molecule has 1 rings (SSSR count). The first-order valence-electron chi connectivity index (χ1n) is 5.64. The summed E-state index contributed by atoms with van der Waals surface area (Å²) >= 11 is 0. The molecule has 1 unspecified atom stereocenters. The van der Waals surface area contributed by atoms with Crippen molar-refractivity contribution in [2.45, 2.75) is 44.6 Å². The molecule has 2 N–H and O–H groups in total. The van der Waals surface area contributed by atoms with Crippen molar-refractivity contribution in [2.75, 3.05) is 0 Å². The second kappa shape index (κ2) is 5.51. The number of aryl methyl sites for hydroxylation is 1. The molecule has 0 saturated carbocycles. The average Bonchev–Trinajstić information content (AvgIpc) is 2.20. The van der Waals surface area contributed by atoms with Gasteiger partial charge in [-0.25, -0.2) is 13.6 Å². The van der Waals surface area contributed by atoms with Gasteiger partial charge in [0.2, 0.25) is 10.0 Å². The van der Waals surface area contributed by atoms with Crippen LogP contribution in [0, 0.1) is 6.92 Å². The van der Waals surface area contributed by atoms with E-state index in [1.165, 1.54) is 12.1 Å². The Bertz CT molecular complexity index is 483. The Labute approximate surface area is 103 Å². The van der Waals surface area contributed by atoms with Gasteiger partial charge in [-0.2, -0.15) is 0 Å². The smallest absolute Gasteiger partial charge is 0.238 e. The predicted molar refractivity (Wildman–Crippen MR) is 67.6 cm³/mol. The van der Waals surface area contributed by atoms with Crippen LogP contribution < -0.4 is 9.88 Å². The molecule has 0 bridgehead atoms. The lowest BCUT2D eigenvalue weighted by molar-refractivity contribution is 0.208. The summed E-state index contributed by atoms with van der Waals surface area (Å²) in [4.78, 5) is 0.116. The fraction of sp³-hybridized carbons (Fsp3) is 0.500. The van der Waals surface area contributed by atoms with E-state index in [4.69, 9.17) is 9.88 Å². The van der Waals surface area contributed by atoms with Crippen molar-refractivity contribution in [1.82, 2.24) is 0 Å². The quantitative estimate of drug-likeness (QED) is 0.879. The van der Waals surface area contributed by atoms with Crippen LogP contribution >= 0.6 is 0 Å². The van der Waals surface area contributed by atoms with Crippen molar-refractivity contribution in [3.8, 4) is 5.75 Å². The van der Waals surface area contributed by atoms with Crippen LogP contribution in [0.1, 0.15) is 32.3 Å². The molecule has 1 aromatic rings. The summed E-state index contributed by atoms with van der Waals surface area (Å²) in [5.74, 6) is 0.707. The molecular formula is C12H19NO3S. The minimum Gasteiger partial charge on any atom is -0.490 e. The first kappa shape index (κ1) is 14.0. The molecule has 96 valence electrons. The highest BCUT2D eigenvalue weighted by Gasteiger charge is 2.11. The van der Waals surface area contributed by atoms with Crippen LogP contribution in [-0.2, 0) is 10.0 Å². The number of hydrogen-bond donors (Lipinski definition) is 1. The molecule has 5 heteroatoms. The number of hydrogen-bond acceptors (Lipinski definition) is 3. The standard InChI is InChI=1S/C12H19NO3S/c1-4-5-10(3)16-12-7-6-11(8-9(12)2)17(13,14)15/h6-8,10H,4-5H2,1-3H3,(H2,13,14,15). The van der Waals surface area contributed by atoms with Crippen LogP contribution in [0.2, 0.25) is 0 Å². The van der Waals surface area contributed by atoms with Gasteiger partial charge in [0.25, 0.3) is 0 Å². The second-order valence-corrected chi connectivity index (χ2v) is 5.75. The molecule has 0 saturated heterocycles. The number of sulfonamides is 1. The Morgan fingerprint density at radius 2 is 2.06 bits per heavy atom. The van der Waals surface area contributed by atoms with Gasteiger partial charge < -0.3 is 4.74 Å². The SMILES string of the molecule is CCCC(C)Oc1ccc(S(N)(=O)=O)cc1C. The summed E-state index contributed by atoms with van der Waals surface area (Å²) in [5.41, 5.74) is 0.777. The highest BCUT2D eigenvalue weighted by molar-refractivity contribution is 7.89. The summed E-state index contributed by atoms with van der Waals surface area (Å²) in [6.07, 6.45) is 2.14. The van der Waals surface area contributed by atoms with E-state index in [1.807, 2.05) is 13.8 Å². The third kappa shape index (κ3) is 4.02. The first-order chi connectivity index (χ1) is 7.84. The van der Waals surface area contributed by atoms with Gasteiger partial charge in [0.05, 0.1) is 11.0 Å². The number of primary sulfonamides is 1. The topological polar surface area (TPSA) is 69.4 Å². The van der Waals surface area contributed by atoms with E-state index in [-0.39, 0.29) is 11.0 Å². The molecule has 0 radical (unpaired) electrons. The van der Waals surface area contributed by atoms with Crippen LogP contribution in [0.4, 0.5) is 0 Å². The van der Waals surface area contributed by atoms with Crippen molar-refractivity contribution in [2.24, 2.45) is 5.14 Å². The average molecular weight is 257 g/mol. The Morgan fingerprint density at radius 3 is 2.53 bits per heavy atom. The molecule has 0 fully saturated rings. The van der Waals surface area contributed by atoms with E-state index in [2.05, 4.69) is 6.92 Å². The van der Waals surface area contributed by atoms with Crippen molar-refractivity contribution < 1.29 is 13.2 Å². The zero-order chi connectivity index (χ0) is 13.1. The normalized spacial score (nSPS) is 13.4. The molecular weight excluding hydrogens is 238 g/mol. The van der Waals surface area contributed by atoms with Crippen molar-refractivity contribution in [3.05, 3.63) is 23.8 Å². The second-order valence-electron chi connectivity index (χ2n) is 4.19. The maximum atomic E-state index is 11.2. The van der Waals surface area contributed by atoms with Gasteiger partial charge in [-0.15, -0.1) is 0 Å². The minimum absolute atomic E-state index is 0.116. The van der Waals surface area contributed by atoms with Gasteiger partial charge in [-0.1, -0.05) is 13.3 Å². The number of benzene rings is 1. The molecule has 0 amide bonds. The third-order valence-electron chi connectivity index (χ3n) is 2.50. The fourth-order valence-corrected chi connectivity index (χ4v) is 2.21. The van der Waals surface area contributed by atoms with Crippen LogP contribution in [0.15, 0.2) is 23.1 Å². The van der Waals surface area contributed by atoms with Gasteiger partial charge in [0.15, 0.2) is 0 Å². The van der Waals surface area contributed by atoms with E-state index in [0.717, 1.165) is 18.4 Å². The minimum atomic E-state index is -3.64. The number of ether oxygens (including phenoxy) is 1. The molecule has 0 spiro atoms.